The molecule has 1 saturated heterocycles. The minimum Gasteiger partial charge on any atom is -0.378 e. The molecule has 2 aromatic rings. The SMILES string of the molecule is O=C(C(O)c1ccccc1)N1CCN(Cc2ccc(Cl)nc2)CC1. The molecule has 0 bridgehead atoms. The highest BCUT2D eigenvalue weighted by Gasteiger charge is 2.26. The van der Waals surface area contributed by atoms with E-state index in [1.54, 1.807) is 29.3 Å². The van der Waals surface area contributed by atoms with Gasteiger partial charge in [-0.1, -0.05) is 48.0 Å². The monoisotopic (exact) mass is 345 g/mol. The van der Waals surface area contributed by atoms with Crippen molar-refractivity contribution in [1.29, 1.82) is 0 Å². The second-order valence-electron chi connectivity index (χ2n) is 5.90. The van der Waals surface area contributed by atoms with Gasteiger partial charge in [-0.2, -0.15) is 0 Å². The van der Waals surface area contributed by atoms with Crippen molar-refractivity contribution in [3.63, 3.8) is 0 Å². The molecule has 1 N–H and O–H groups in total. The van der Waals surface area contributed by atoms with E-state index < -0.39 is 6.10 Å². The van der Waals surface area contributed by atoms with Crippen molar-refractivity contribution in [2.45, 2.75) is 12.6 Å². The fourth-order valence-corrected chi connectivity index (χ4v) is 2.95. The lowest BCUT2D eigenvalue weighted by Gasteiger charge is -2.35. The lowest BCUT2D eigenvalue weighted by atomic mass is 10.1. The lowest BCUT2D eigenvalue weighted by molar-refractivity contribution is -0.142. The van der Waals surface area contributed by atoms with E-state index >= 15 is 0 Å². The molecule has 1 aliphatic heterocycles. The summed E-state index contributed by atoms with van der Waals surface area (Å²) in [6.07, 6.45) is 0.692. The van der Waals surface area contributed by atoms with Crippen molar-refractivity contribution in [1.82, 2.24) is 14.8 Å². The molecule has 1 atom stereocenters. The Labute approximate surface area is 146 Å². The molecule has 0 aliphatic carbocycles. The highest BCUT2D eigenvalue weighted by Crippen LogP contribution is 2.17. The Kier molecular flexibility index (Phi) is 5.45. The summed E-state index contributed by atoms with van der Waals surface area (Å²) in [6.45, 7) is 3.56. The fourth-order valence-electron chi connectivity index (χ4n) is 2.84. The molecule has 0 spiro atoms. The molecule has 126 valence electrons. The van der Waals surface area contributed by atoms with Crippen LogP contribution in [0.1, 0.15) is 17.2 Å². The van der Waals surface area contributed by atoms with Gasteiger partial charge in [-0.25, -0.2) is 4.98 Å². The van der Waals surface area contributed by atoms with Crippen LogP contribution in [0.2, 0.25) is 5.15 Å². The molecule has 1 aliphatic rings. The second-order valence-corrected chi connectivity index (χ2v) is 6.29. The van der Waals surface area contributed by atoms with Gasteiger partial charge in [0.15, 0.2) is 6.10 Å². The molecule has 24 heavy (non-hydrogen) atoms. The van der Waals surface area contributed by atoms with Crippen LogP contribution in [0.25, 0.3) is 0 Å². The Morgan fingerprint density at radius 2 is 1.83 bits per heavy atom. The molecule has 1 aromatic heterocycles. The van der Waals surface area contributed by atoms with Crippen LogP contribution < -0.4 is 0 Å². The number of aromatic nitrogens is 1. The summed E-state index contributed by atoms with van der Waals surface area (Å²) in [5.74, 6) is -0.228. The maximum Gasteiger partial charge on any atom is 0.256 e. The number of hydrogen-bond donors (Lipinski definition) is 1. The molecule has 1 fully saturated rings. The van der Waals surface area contributed by atoms with Crippen molar-refractivity contribution in [2.75, 3.05) is 26.2 Å². The topological polar surface area (TPSA) is 56.7 Å². The number of nitrogens with zero attached hydrogens (tertiary/aromatic N) is 3. The number of aliphatic hydroxyl groups is 1. The van der Waals surface area contributed by atoms with Crippen LogP contribution in [-0.4, -0.2) is 52.0 Å². The zero-order valence-electron chi connectivity index (χ0n) is 13.3. The first-order chi connectivity index (χ1) is 11.6. The Balaban J connectivity index is 1.53. The van der Waals surface area contributed by atoms with E-state index in [1.807, 2.05) is 24.3 Å². The summed E-state index contributed by atoms with van der Waals surface area (Å²) in [5, 5.41) is 10.7. The Morgan fingerprint density at radius 3 is 2.46 bits per heavy atom. The summed E-state index contributed by atoms with van der Waals surface area (Å²) in [6, 6.07) is 12.8. The lowest BCUT2D eigenvalue weighted by Crippen LogP contribution is -2.49. The normalized spacial score (nSPS) is 16.8. The van der Waals surface area contributed by atoms with Gasteiger partial charge >= 0.3 is 0 Å². The number of carbonyl (C=O) groups excluding carboxylic acids is 1. The van der Waals surface area contributed by atoms with Gasteiger partial charge in [0.2, 0.25) is 0 Å². The average Bonchev–Trinajstić information content (AvgIpc) is 2.64. The van der Waals surface area contributed by atoms with Crippen LogP contribution in [0, 0.1) is 0 Å². The van der Waals surface area contributed by atoms with Crippen molar-refractivity contribution < 1.29 is 9.90 Å². The fraction of sp³-hybridized carbons (Fsp3) is 0.333. The Morgan fingerprint density at radius 1 is 1.12 bits per heavy atom. The molecule has 1 amide bonds. The summed E-state index contributed by atoms with van der Waals surface area (Å²) in [5.41, 5.74) is 1.74. The third-order valence-corrected chi connectivity index (χ3v) is 4.45. The summed E-state index contributed by atoms with van der Waals surface area (Å²) in [4.78, 5) is 20.5. The molecular weight excluding hydrogens is 326 g/mol. The first kappa shape index (κ1) is 16.9. The molecule has 3 rings (SSSR count). The number of rotatable bonds is 4. The van der Waals surface area contributed by atoms with E-state index in [4.69, 9.17) is 11.6 Å². The van der Waals surface area contributed by atoms with Crippen LogP contribution in [-0.2, 0) is 11.3 Å². The van der Waals surface area contributed by atoms with E-state index in [0.29, 0.717) is 23.8 Å². The molecule has 0 radical (unpaired) electrons. The zero-order valence-corrected chi connectivity index (χ0v) is 14.1. The first-order valence-corrected chi connectivity index (χ1v) is 8.36. The first-order valence-electron chi connectivity index (χ1n) is 7.98. The van der Waals surface area contributed by atoms with Gasteiger partial charge in [0, 0.05) is 38.9 Å². The number of pyridine rings is 1. The molecule has 5 nitrogen and oxygen atoms in total. The maximum atomic E-state index is 12.4. The van der Waals surface area contributed by atoms with Gasteiger partial charge in [-0.05, 0) is 17.2 Å². The number of carbonyl (C=O) groups is 1. The highest BCUT2D eigenvalue weighted by molar-refractivity contribution is 6.29. The largest absolute Gasteiger partial charge is 0.378 e. The molecule has 6 heteroatoms. The van der Waals surface area contributed by atoms with Crippen LogP contribution in [0.15, 0.2) is 48.7 Å². The van der Waals surface area contributed by atoms with E-state index in [9.17, 15) is 9.90 Å². The van der Waals surface area contributed by atoms with Crippen LogP contribution >= 0.6 is 11.6 Å². The molecule has 1 unspecified atom stereocenters. The van der Waals surface area contributed by atoms with Crippen molar-refractivity contribution >= 4 is 17.5 Å². The van der Waals surface area contributed by atoms with E-state index in [-0.39, 0.29) is 5.91 Å². The van der Waals surface area contributed by atoms with E-state index in [0.717, 1.165) is 25.2 Å². The van der Waals surface area contributed by atoms with E-state index in [2.05, 4.69) is 9.88 Å². The maximum absolute atomic E-state index is 12.4. The number of halogens is 1. The molecular formula is C18H20ClN3O2. The average molecular weight is 346 g/mol. The molecule has 2 heterocycles. The zero-order chi connectivity index (χ0) is 16.9. The van der Waals surface area contributed by atoms with Crippen molar-refractivity contribution in [3.05, 3.63) is 64.9 Å². The number of benzene rings is 1. The number of piperazine rings is 1. The predicted octanol–water partition coefficient (Wildman–Crippen LogP) is 2.11. The third kappa shape index (κ3) is 4.12. The third-order valence-electron chi connectivity index (χ3n) is 4.23. The quantitative estimate of drug-likeness (QED) is 0.862. The number of aliphatic hydroxyl groups excluding tert-OH is 1. The minimum absolute atomic E-state index is 0.228. The summed E-state index contributed by atoms with van der Waals surface area (Å²) >= 11 is 5.80. The van der Waals surface area contributed by atoms with Gasteiger partial charge < -0.3 is 10.0 Å². The highest BCUT2D eigenvalue weighted by atomic mass is 35.5. The Bertz CT molecular complexity index is 670. The van der Waals surface area contributed by atoms with Crippen LogP contribution in [0.4, 0.5) is 0 Å². The van der Waals surface area contributed by atoms with Crippen molar-refractivity contribution in [2.24, 2.45) is 0 Å². The van der Waals surface area contributed by atoms with Crippen LogP contribution in [0.5, 0.6) is 0 Å². The van der Waals surface area contributed by atoms with E-state index in [1.165, 1.54) is 0 Å². The van der Waals surface area contributed by atoms with Gasteiger partial charge in [0.25, 0.3) is 5.91 Å². The van der Waals surface area contributed by atoms with Gasteiger partial charge in [0.05, 0.1) is 0 Å². The van der Waals surface area contributed by atoms with Crippen LogP contribution in [0.3, 0.4) is 0 Å². The summed E-state index contributed by atoms with van der Waals surface area (Å²) in [7, 11) is 0. The molecule has 1 aromatic carbocycles. The van der Waals surface area contributed by atoms with Gasteiger partial charge in [-0.3, -0.25) is 9.69 Å². The Hall–Kier alpha value is -1.95. The number of hydrogen-bond acceptors (Lipinski definition) is 4. The standard InChI is InChI=1S/C18H20ClN3O2/c19-16-7-6-14(12-20-16)13-21-8-10-22(11-9-21)18(24)17(23)15-4-2-1-3-5-15/h1-7,12,17,23H,8-11,13H2. The smallest absolute Gasteiger partial charge is 0.256 e. The predicted molar refractivity (Wildman–Crippen MR) is 92.5 cm³/mol. The molecule has 0 saturated carbocycles. The summed E-state index contributed by atoms with van der Waals surface area (Å²) < 4.78 is 0. The van der Waals surface area contributed by atoms with Crippen molar-refractivity contribution in [3.8, 4) is 0 Å². The van der Waals surface area contributed by atoms with Gasteiger partial charge in [0.1, 0.15) is 5.15 Å². The minimum atomic E-state index is -1.08. The van der Waals surface area contributed by atoms with Gasteiger partial charge in [-0.15, -0.1) is 0 Å². The second kappa shape index (κ2) is 7.75. The number of amides is 1.